The Labute approximate surface area is 97.7 Å². The summed E-state index contributed by atoms with van der Waals surface area (Å²) in [4.78, 5) is 4.18. The van der Waals surface area contributed by atoms with Gasteiger partial charge in [0.2, 0.25) is 5.88 Å². The number of rotatable bonds is 2. The van der Waals surface area contributed by atoms with Crippen LogP contribution in [-0.2, 0) is 0 Å². The lowest BCUT2D eigenvalue weighted by Crippen LogP contribution is -1.92. The van der Waals surface area contributed by atoms with E-state index in [-0.39, 0.29) is 0 Å². The molecule has 5 nitrogen and oxygen atoms in total. The largest absolute Gasteiger partial charge is 0.481 e. The summed E-state index contributed by atoms with van der Waals surface area (Å²) in [5, 5.41) is 7.81. The van der Waals surface area contributed by atoms with Crippen LogP contribution in [0.2, 0.25) is 0 Å². The Bertz CT molecular complexity index is 662. The number of fused-ring (bicyclic) bond motifs is 1. The Morgan fingerprint density at radius 3 is 3.06 bits per heavy atom. The van der Waals surface area contributed by atoms with Crippen LogP contribution >= 0.6 is 0 Å². The second kappa shape index (κ2) is 3.86. The first-order chi connectivity index (χ1) is 8.38. The molecule has 0 N–H and O–H groups in total. The highest BCUT2D eigenvalue weighted by Crippen LogP contribution is 2.27. The van der Waals surface area contributed by atoms with Gasteiger partial charge in [-0.1, -0.05) is 0 Å². The molecule has 0 amide bonds. The van der Waals surface area contributed by atoms with Gasteiger partial charge < -0.3 is 4.74 Å². The molecule has 0 saturated heterocycles. The lowest BCUT2D eigenvalue weighted by Gasteiger charge is -2.06. The van der Waals surface area contributed by atoms with Gasteiger partial charge in [0.1, 0.15) is 6.33 Å². The molecular weight excluding hydrogens is 216 g/mol. The van der Waals surface area contributed by atoms with Crippen molar-refractivity contribution in [1.29, 1.82) is 0 Å². The average Bonchev–Trinajstić information content (AvgIpc) is 2.85. The van der Waals surface area contributed by atoms with Crippen molar-refractivity contribution in [3.8, 4) is 17.0 Å². The van der Waals surface area contributed by atoms with E-state index in [0.717, 1.165) is 16.8 Å². The Morgan fingerprint density at radius 2 is 2.18 bits per heavy atom. The number of methoxy groups -OCH3 is 1. The van der Waals surface area contributed by atoms with Crippen molar-refractivity contribution in [2.45, 2.75) is 0 Å². The lowest BCUT2D eigenvalue weighted by atomic mass is 10.1. The number of ether oxygens (including phenoxy) is 1. The van der Waals surface area contributed by atoms with E-state index in [1.807, 2.05) is 34.9 Å². The van der Waals surface area contributed by atoms with Crippen molar-refractivity contribution in [3.05, 3.63) is 43.0 Å². The first-order valence-electron chi connectivity index (χ1n) is 5.17. The van der Waals surface area contributed by atoms with Crippen LogP contribution in [0.25, 0.3) is 16.8 Å². The maximum absolute atomic E-state index is 5.24. The van der Waals surface area contributed by atoms with Gasteiger partial charge in [-0.15, -0.1) is 10.2 Å². The quantitative estimate of drug-likeness (QED) is 0.668. The van der Waals surface area contributed by atoms with Crippen LogP contribution in [0.5, 0.6) is 5.88 Å². The molecule has 0 unspecified atom stereocenters. The third-order valence-electron chi connectivity index (χ3n) is 2.57. The number of hydrogen-bond acceptors (Lipinski definition) is 4. The molecular formula is C12H10N4O. The van der Waals surface area contributed by atoms with Crippen LogP contribution in [0.1, 0.15) is 0 Å². The summed E-state index contributed by atoms with van der Waals surface area (Å²) in [6, 6.07) is 7.74. The first-order valence-corrected chi connectivity index (χ1v) is 5.17. The first kappa shape index (κ1) is 9.77. The standard InChI is InChI=1S/C12H10N4O/c1-17-12-10(3-2-6-13-12)9-4-5-11-15-14-8-16(11)7-9/h2-8H,1H3. The summed E-state index contributed by atoms with van der Waals surface area (Å²) in [5.74, 6) is 0.611. The molecule has 84 valence electrons. The third kappa shape index (κ3) is 1.61. The summed E-state index contributed by atoms with van der Waals surface area (Å²) in [5.41, 5.74) is 2.78. The summed E-state index contributed by atoms with van der Waals surface area (Å²) >= 11 is 0. The summed E-state index contributed by atoms with van der Waals surface area (Å²) in [6.45, 7) is 0. The minimum Gasteiger partial charge on any atom is -0.481 e. The fraction of sp³-hybridized carbons (Fsp3) is 0.0833. The Hall–Kier alpha value is -2.43. The number of aromatic nitrogens is 4. The number of pyridine rings is 2. The van der Waals surface area contributed by atoms with E-state index < -0.39 is 0 Å². The van der Waals surface area contributed by atoms with Gasteiger partial charge in [0.15, 0.2) is 5.65 Å². The number of hydrogen-bond donors (Lipinski definition) is 0. The van der Waals surface area contributed by atoms with E-state index in [0.29, 0.717) is 5.88 Å². The molecule has 3 heterocycles. The van der Waals surface area contributed by atoms with E-state index in [4.69, 9.17) is 4.74 Å². The summed E-state index contributed by atoms with van der Waals surface area (Å²) < 4.78 is 7.10. The third-order valence-corrected chi connectivity index (χ3v) is 2.57. The molecule has 0 aliphatic carbocycles. The maximum atomic E-state index is 5.24. The molecule has 3 rings (SSSR count). The van der Waals surface area contributed by atoms with Crippen LogP contribution in [0.15, 0.2) is 43.0 Å². The van der Waals surface area contributed by atoms with Crippen molar-refractivity contribution >= 4 is 5.65 Å². The van der Waals surface area contributed by atoms with Crippen molar-refractivity contribution in [1.82, 2.24) is 19.6 Å². The van der Waals surface area contributed by atoms with Gasteiger partial charge >= 0.3 is 0 Å². The number of nitrogens with zero attached hydrogens (tertiary/aromatic N) is 4. The van der Waals surface area contributed by atoms with Gasteiger partial charge in [-0.3, -0.25) is 4.40 Å². The average molecular weight is 226 g/mol. The van der Waals surface area contributed by atoms with Gasteiger partial charge in [0.25, 0.3) is 0 Å². The van der Waals surface area contributed by atoms with Crippen LogP contribution in [0.3, 0.4) is 0 Å². The smallest absolute Gasteiger partial charge is 0.221 e. The van der Waals surface area contributed by atoms with Crippen molar-refractivity contribution in [3.63, 3.8) is 0 Å². The Balaban J connectivity index is 2.19. The van der Waals surface area contributed by atoms with Crippen molar-refractivity contribution in [2.24, 2.45) is 0 Å². The van der Waals surface area contributed by atoms with Gasteiger partial charge in [-0.05, 0) is 24.3 Å². The normalized spacial score (nSPS) is 10.6. The molecule has 0 radical (unpaired) electrons. The highest BCUT2D eigenvalue weighted by molar-refractivity contribution is 5.68. The van der Waals surface area contributed by atoms with Crippen molar-refractivity contribution in [2.75, 3.05) is 7.11 Å². The molecule has 3 aromatic rings. The van der Waals surface area contributed by atoms with Crippen LogP contribution < -0.4 is 4.74 Å². The zero-order chi connectivity index (χ0) is 11.7. The van der Waals surface area contributed by atoms with E-state index in [1.165, 1.54) is 0 Å². The molecule has 0 aromatic carbocycles. The molecule has 0 aliphatic rings. The highest BCUT2D eigenvalue weighted by Gasteiger charge is 2.07. The minimum atomic E-state index is 0.611. The zero-order valence-corrected chi connectivity index (χ0v) is 9.24. The van der Waals surface area contributed by atoms with Gasteiger partial charge in [-0.2, -0.15) is 0 Å². The molecule has 0 fully saturated rings. The monoisotopic (exact) mass is 226 g/mol. The maximum Gasteiger partial charge on any atom is 0.221 e. The zero-order valence-electron chi connectivity index (χ0n) is 9.24. The Kier molecular flexibility index (Phi) is 2.22. The second-order valence-electron chi connectivity index (χ2n) is 3.57. The van der Waals surface area contributed by atoms with Gasteiger partial charge in [-0.25, -0.2) is 4.98 Å². The molecule has 0 saturated carbocycles. The SMILES string of the molecule is COc1ncccc1-c1ccc2nncn2c1. The van der Waals surface area contributed by atoms with Crippen LogP contribution in [0, 0.1) is 0 Å². The fourth-order valence-electron chi connectivity index (χ4n) is 1.76. The molecule has 5 heteroatoms. The van der Waals surface area contributed by atoms with Gasteiger partial charge in [0, 0.05) is 23.5 Å². The molecule has 0 aliphatic heterocycles. The summed E-state index contributed by atoms with van der Waals surface area (Å²) in [6.07, 6.45) is 5.33. The predicted molar refractivity (Wildman–Crippen MR) is 62.8 cm³/mol. The molecule has 3 aromatic heterocycles. The molecule has 0 spiro atoms. The molecule has 17 heavy (non-hydrogen) atoms. The van der Waals surface area contributed by atoms with Crippen molar-refractivity contribution < 1.29 is 4.74 Å². The molecule has 0 bridgehead atoms. The minimum absolute atomic E-state index is 0.611. The fourth-order valence-corrected chi connectivity index (χ4v) is 1.76. The second-order valence-corrected chi connectivity index (χ2v) is 3.57. The summed E-state index contributed by atoms with van der Waals surface area (Å²) in [7, 11) is 1.61. The van der Waals surface area contributed by atoms with E-state index in [9.17, 15) is 0 Å². The molecule has 0 atom stereocenters. The topological polar surface area (TPSA) is 52.3 Å². The highest BCUT2D eigenvalue weighted by atomic mass is 16.5. The van der Waals surface area contributed by atoms with Gasteiger partial charge in [0.05, 0.1) is 7.11 Å². The van der Waals surface area contributed by atoms with Crippen LogP contribution in [0.4, 0.5) is 0 Å². The lowest BCUT2D eigenvalue weighted by molar-refractivity contribution is 0.399. The Morgan fingerprint density at radius 1 is 1.24 bits per heavy atom. The van der Waals surface area contributed by atoms with E-state index in [1.54, 1.807) is 19.6 Å². The van der Waals surface area contributed by atoms with E-state index >= 15 is 0 Å². The van der Waals surface area contributed by atoms with Crippen LogP contribution in [-0.4, -0.2) is 26.7 Å². The predicted octanol–water partition coefficient (Wildman–Crippen LogP) is 1.80. The van der Waals surface area contributed by atoms with E-state index in [2.05, 4.69) is 15.2 Å².